The number of para-hydroxylation sites is 1. The lowest BCUT2D eigenvalue weighted by atomic mass is 10.1. The third-order valence-electron chi connectivity index (χ3n) is 7.04. The Balaban J connectivity index is 1.73. The van der Waals surface area contributed by atoms with Crippen LogP contribution in [0, 0.1) is 0 Å². The Morgan fingerprint density at radius 3 is 1.96 bits per heavy atom. The summed E-state index contributed by atoms with van der Waals surface area (Å²) in [5, 5.41) is 3.51. The molecule has 11 heteroatoms. The molecule has 0 unspecified atom stereocenters. The van der Waals surface area contributed by atoms with Gasteiger partial charge in [0.15, 0.2) is 0 Å². The van der Waals surface area contributed by atoms with E-state index in [0.29, 0.717) is 40.1 Å². The molecular weight excluding hydrogens is 633 g/mol. The smallest absolute Gasteiger partial charge is 0.264 e. The largest absolute Gasteiger partial charge is 0.457 e. The van der Waals surface area contributed by atoms with Crippen LogP contribution in [0.4, 0.5) is 5.69 Å². The fourth-order valence-corrected chi connectivity index (χ4v) is 6.64. The first kappa shape index (κ1) is 33.8. The highest BCUT2D eigenvalue weighted by Gasteiger charge is 2.34. The second-order valence-corrected chi connectivity index (χ2v) is 12.8. The first-order chi connectivity index (χ1) is 21.6. The first-order valence-electron chi connectivity index (χ1n) is 14.6. The molecule has 1 N–H and O–H groups in total. The van der Waals surface area contributed by atoms with Gasteiger partial charge >= 0.3 is 0 Å². The van der Waals surface area contributed by atoms with Gasteiger partial charge in [0, 0.05) is 28.7 Å². The maximum Gasteiger partial charge on any atom is 0.264 e. The van der Waals surface area contributed by atoms with Gasteiger partial charge in [0.25, 0.3) is 10.0 Å². The Hall–Kier alpha value is -4.05. The average molecular weight is 669 g/mol. The van der Waals surface area contributed by atoms with Crippen molar-refractivity contribution < 1.29 is 22.7 Å². The molecule has 2 amide bonds. The van der Waals surface area contributed by atoms with Crippen molar-refractivity contribution in [2.75, 3.05) is 17.4 Å². The summed E-state index contributed by atoms with van der Waals surface area (Å²) in [6, 6.07) is 27.5. The third-order valence-corrected chi connectivity index (χ3v) is 9.54. The molecule has 0 aliphatic rings. The summed E-state index contributed by atoms with van der Waals surface area (Å²) in [6.07, 6.45) is 0.986. The van der Waals surface area contributed by atoms with E-state index in [9.17, 15) is 18.0 Å². The second kappa shape index (κ2) is 15.8. The number of hydrogen-bond donors (Lipinski definition) is 1. The summed E-state index contributed by atoms with van der Waals surface area (Å²) in [6.45, 7) is 3.45. The molecule has 0 saturated heterocycles. The lowest BCUT2D eigenvalue weighted by Gasteiger charge is -2.33. The van der Waals surface area contributed by atoms with Crippen LogP contribution in [0.15, 0.2) is 108 Å². The van der Waals surface area contributed by atoms with Crippen molar-refractivity contribution in [3.63, 3.8) is 0 Å². The molecule has 4 rings (SSSR count). The number of sulfonamides is 1. The molecule has 4 aromatic rings. The predicted octanol–water partition coefficient (Wildman–Crippen LogP) is 7.31. The van der Waals surface area contributed by atoms with Gasteiger partial charge in [-0.2, -0.15) is 0 Å². The number of nitrogens with zero attached hydrogens (tertiary/aromatic N) is 2. The first-order valence-corrected chi connectivity index (χ1v) is 16.8. The van der Waals surface area contributed by atoms with E-state index in [1.54, 1.807) is 79.7 Å². The van der Waals surface area contributed by atoms with Crippen molar-refractivity contribution in [3.05, 3.63) is 119 Å². The third kappa shape index (κ3) is 8.57. The van der Waals surface area contributed by atoms with Crippen molar-refractivity contribution in [2.24, 2.45) is 0 Å². The van der Waals surface area contributed by atoms with Gasteiger partial charge in [-0.05, 0) is 73.5 Å². The molecule has 0 fully saturated rings. The Morgan fingerprint density at radius 2 is 1.38 bits per heavy atom. The number of halogens is 2. The zero-order chi connectivity index (χ0) is 32.4. The fraction of sp³-hybridized carbons (Fsp3) is 0.235. The summed E-state index contributed by atoms with van der Waals surface area (Å²) in [7, 11) is -4.22. The highest BCUT2D eigenvalue weighted by atomic mass is 35.5. The van der Waals surface area contributed by atoms with Gasteiger partial charge in [0.1, 0.15) is 24.1 Å². The molecule has 4 aromatic carbocycles. The van der Waals surface area contributed by atoms with E-state index in [0.717, 1.165) is 4.31 Å². The Morgan fingerprint density at radius 1 is 0.800 bits per heavy atom. The summed E-state index contributed by atoms with van der Waals surface area (Å²) in [5.74, 6) is 0.154. The van der Waals surface area contributed by atoms with E-state index in [4.69, 9.17) is 27.9 Å². The van der Waals surface area contributed by atoms with Crippen molar-refractivity contribution in [2.45, 2.75) is 44.2 Å². The van der Waals surface area contributed by atoms with E-state index in [-0.39, 0.29) is 29.5 Å². The molecule has 0 aliphatic carbocycles. The SMILES string of the molecule is CCCNC(=O)[C@@H](CC)N(Cc1c(Cl)cccc1Cl)C(=O)CN(c1ccc(Oc2ccccc2)cc1)S(=O)(=O)c1ccccc1. The number of carbonyl (C=O) groups excluding carboxylic acids is 2. The molecule has 0 saturated carbocycles. The van der Waals surface area contributed by atoms with Crippen molar-refractivity contribution >= 4 is 50.7 Å². The zero-order valence-corrected chi connectivity index (χ0v) is 27.4. The van der Waals surface area contributed by atoms with E-state index in [1.165, 1.54) is 17.0 Å². The highest BCUT2D eigenvalue weighted by Crippen LogP contribution is 2.30. The molecular formula is C34H35Cl2N3O5S. The van der Waals surface area contributed by atoms with Crippen LogP contribution in [0.1, 0.15) is 32.3 Å². The quantitative estimate of drug-likeness (QED) is 0.152. The van der Waals surface area contributed by atoms with E-state index in [2.05, 4.69) is 5.32 Å². The molecule has 236 valence electrons. The summed E-state index contributed by atoms with van der Waals surface area (Å²) in [5.41, 5.74) is 0.697. The van der Waals surface area contributed by atoms with Crippen LogP contribution in [0.25, 0.3) is 0 Å². The van der Waals surface area contributed by atoms with Gasteiger partial charge in [0.2, 0.25) is 11.8 Å². The van der Waals surface area contributed by atoms with Gasteiger partial charge in [-0.3, -0.25) is 13.9 Å². The Labute approximate surface area is 274 Å². The van der Waals surface area contributed by atoms with Crippen LogP contribution in [0.3, 0.4) is 0 Å². The summed E-state index contributed by atoms with van der Waals surface area (Å²) >= 11 is 13.0. The molecule has 0 spiro atoms. The van der Waals surface area contributed by atoms with Crippen molar-refractivity contribution in [1.82, 2.24) is 10.2 Å². The van der Waals surface area contributed by atoms with Gasteiger partial charge in [0.05, 0.1) is 10.6 Å². The lowest BCUT2D eigenvalue weighted by Crippen LogP contribution is -2.52. The molecule has 0 heterocycles. The van der Waals surface area contributed by atoms with Gasteiger partial charge in [-0.25, -0.2) is 8.42 Å². The Kier molecular flexibility index (Phi) is 11.9. The topological polar surface area (TPSA) is 96.0 Å². The number of carbonyl (C=O) groups is 2. The number of benzene rings is 4. The summed E-state index contributed by atoms with van der Waals surface area (Å²) < 4.78 is 35.0. The van der Waals surface area contributed by atoms with Gasteiger partial charge in [-0.15, -0.1) is 0 Å². The lowest BCUT2D eigenvalue weighted by molar-refractivity contribution is -0.140. The minimum atomic E-state index is -4.22. The van der Waals surface area contributed by atoms with Gasteiger partial charge in [-0.1, -0.05) is 79.5 Å². The fourth-order valence-electron chi connectivity index (χ4n) is 4.69. The molecule has 0 radical (unpaired) electrons. The molecule has 0 bridgehead atoms. The van der Waals surface area contributed by atoms with E-state index < -0.39 is 28.5 Å². The van der Waals surface area contributed by atoms with Crippen molar-refractivity contribution in [1.29, 1.82) is 0 Å². The maximum atomic E-state index is 14.2. The van der Waals surface area contributed by atoms with E-state index in [1.807, 2.05) is 25.1 Å². The molecule has 1 atom stereocenters. The summed E-state index contributed by atoms with van der Waals surface area (Å²) in [4.78, 5) is 28.9. The number of rotatable bonds is 14. The number of anilines is 1. The van der Waals surface area contributed by atoms with Crippen LogP contribution in [-0.4, -0.2) is 44.3 Å². The second-order valence-electron chi connectivity index (χ2n) is 10.2. The molecule has 45 heavy (non-hydrogen) atoms. The molecule has 0 aromatic heterocycles. The van der Waals surface area contributed by atoms with Crippen molar-refractivity contribution in [3.8, 4) is 11.5 Å². The minimum absolute atomic E-state index is 0.0100. The number of amides is 2. The van der Waals surface area contributed by atoms with Crippen LogP contribution >= 0.6 is 23.2 Å². The number of ether oxygens (including phenoxy) is 1. The Bertz CT molecular complexity index is 1670. The normalized spacial score (nSPS) is 11.8. The average Bonchev–Trinajstić information content (AvgIpc) is 3.05. The van der Waals surface area contributed by atoms with E-state index >= 15 is 0 Å². The standard InChI is InChI=1S/C34H35Cl2N3O5S/c1-3-22-37-34(41)32(4-2)38(23-29-30(35)16-11-17-31(29)36)33(40)24-39(45(42,43)28-14-9-6-10-15-28)25-18-20-27(21-19-25)44-26-12-7-5-8-13-26/h5-21,32H,3-4,22-24H2,1-2H3,(H,37,41)/t32-/m1/s1. The number of nitrogens with one attached hydrogen (secondary N) is 1. The number of hydrogen-bond acceptors (Lipinski definition) is 5. The van der Waals surface area contributed by atoms with Gasteiger partial charge < -0.3 is 15.0 Å². The molecule has 8 nitrogen and oxygen atoms in total. The van der Waals surface area contributed by atoms with Crippen LogP contribution < -0.4 is 14.4 Å². The highest BCUT2D eigenvalue weighted by molar-refractivity contribution is 7.92. The van der Waals surface area contributed by atoms with Crippen LogP contribution in [0.2, 0.25) is 10.0 Å². The zero-order valence-electron chi connectivity index (χ0n) is 25.0. The predicted molar refractivity (Wildman–Crippen MR) is 178 cm³/mol. The minimum Gasteiger partial charge on any atom is -0.457 e. The maximum absolute atomic E-state index is 14.2. The van der Waals surface area contributed by atoms with Crippen LogP contribution in [-0.2, 0) is 26.2 Å². The molecule has 0 aliphatic heterocycles. The van der Waals surface area contributed by atoms with Crippen LogP contribution in [0.5, 0.6) is 11.5 Å². The monoisotopic (exact) mass is 667 g/mol.